The van der Waals surface area contributed by atoms with Crippen LogP contribution < -0.4 is 5.32 Å². The average molecular weight is 277 g/mol. The van der Waals surface area contributed by atoms with E-state index in [1.165, 1.54) is 0 Å². The Labute approximate surface area is 99.4 Å². The molecule has 1 N–H and O–H groups in total. The summed E-state index contributed by atoms with van der Waals surface area (Å²) in [5.74, 6) is 0.0427. The summed E-state index contributed by atoms with van der Waals surface area (Å²) in [5, 5.41) is 2.82. The molecular formula is C9H18F3NO3S. The van der Waals surface area contributed by atoms with E-state index in [9.17, 15) is 21.6 Å². The van der Waals surface area contributed by atoms with Crippen molar-refractivity contribution in [3.8, 4) is 0 Å². The third-order valence-electron chi connectivity index (χ3n) is 1.82. The first-order valence-corrected chi connectivity index (χ1v) is 7.30. The van der Waals surface area contributed by atoms with Crippen LogP contribution in [0.25, 0.3) is 0 Å². The highest BCUT2D eigenvalue weighted by Gasteiger charge is 2.25. The molecule has 0 saturated heterocycles. The Hall–Kier alpha value is -0.340. The maximum absolute atomic E-state index is 11.7. The number of halogens is 3. The molecule has 17 heavy (non-hydrogen) atoms. The van der Waals surface area contributed by atoms with E-state index < -0.39 is 22.4 Å². The Bertz CT molecular complexity index is 290. The fourth-order valence-electron chi connectivity index (χ4n) is 1.00. The van der Waals surface area contributed by atoms with Gasteiger partial charge in [-0.25, -0.2) is 8.42 Å². The van der Waals surface area contributed by atoms with Gasteiger partial charge in [0.05, 0.1) is 12.4 Å². The highest BCUT2D eigenvalue weighted by molar-refractivity contribution is 7.90. The zero-order valence-corrected chi connectivity index (χ0v) is 10.5. The van der Waals surface area contributed by atoms with E-state index in [1.807, 2.05) is 0 Å². The van der Waals surface area contributed by atoms with Crippen molar-refractivity contribution in [2.75, 3.05) is 38.3 Å². The van der Waals surface area contributed by atoms with Gasteiger partial charge in [0.2, 0.25) is 0 Å². The number of ether oxygens (including phenoxy) is 1. The van der Waals surface area contributed by atoms with Crippen LogP contribution >= 0.6 is 0 Å². The minimum absolute atomic E-state index is 0.0427. The molecule has 0 amide bonds. The Morgan fingerprint density at radius 1 is 1.18 bits per heavy atom. The van der Waals surface area contributed by atoms with Crippen molar-refractivity contribution in [3.63, 3.8) is 0 Å². The summed E-state index contributed by atoms with van der Waals surface area (Å²) in [5.41, 5.74) is 0. The molecule has 0 aliphatic rings. The van der Waals surface area contributed by atoms with Crippen LogP contribution in [0.15, 0.2) is 0 Å². The van der Waals surface area contributed by atoms with Gasteiger partial charge in [0.25, 0.3) is 0 Å². The van der Waals surface area contributed by atoms with Gasteiger partial charge < -0.3 is 10.1 Å². The second-order valence-electron chi connectivity index (χ2n) is 3.71. The topological polar surface area (TPSA) is 55.4 Å². The van der Waals surface area contributed by atoms with Gasteiger partial charge in [-0.15, -0.1) is 0 Å². The smallest absolute Gasteiger partial charge is 0.380 e. The lowest BCUT2D eigenvalue weighted by atomic mass is 10.3. The molecule has 0 unspecified atom stereocenters. The molecule has 0 atom stereocenters. The molecule has 0 aromatic carbocycles. The average Bonchev–Trinajstić information content (AvgIpc) is 2.11. The maximum atomic E-state index is 11.7. The van der Waals surface area contributed by atoms with E-state index in [2.05, 4.69) is 5.32 Å². The molecular weight excluding hydrogens is 259 g/mol. The first-order chi connectivity index (χ1) is 7.71. The van der Waals surface area contributed by atoms with E-state index in [-0.39, 0.29) is 25.4 Å². The number of hydrogen-bond acceptors (Lipinski definition) is 4. The second kappa shape index (κ2) is 7.88. The Balaban J connectivity index is 3.20. The van der Waals surface area contributed by atoms with Gasteiger partial charge >= 0.3 is 6.18 Å². The van der Waals surface area contributed by atoms with Crippen LogP contribution in [0.5, 0.6) is 0 Å². The van der Waals surface area contributed by atoms with Crippen LogP contribution in [-0.2, 0) is 14.6 Å². The van der Waals surface area contributed by atoms with Crippen molar-refractivity contribution >= 4 is 9.84 Å². The highest BCUT2D eigenvalue weighted by Crippen LogP contribution is 2.20. The minimum atomic E-state index is -4.13. The zero-order valence-electron chi connectivity index (χ0n) is 9.72. The second-order valence-corrected chi connectivity index (χ2v) is 5.97. The van der Waals surface area contributed by atoms with Crippen molar-refractivity contribution < 1.29 is 26.3 Å². The molecule has 104 valence electrons. The summed E-state index contributed by atoms with van der Waals surface area (Å²) in [6.45, 7) is 1.10. The van der Waals surface area contributed by atoms with E-state index in [0.29, 0.717) is 13.1 Å². The Kier molecular flexibility index (Phi) is 7.73. The van der Waals surface area contributed by atoms with Crippen molar-refractivity contribution in [2.24, 2.45) is 0 Å². The predicted octanol–water partition coefficient (Wildman–Crippen LogP) is 0.980. The van der Waals surface area contributed by atoms with Crippen molar-refractivity contribution in [2.45, 2.75) is 19.0 Å². The summed E-state index contributed by atoms with van der Waals surface area (Å²) in [6.07, 6.45) is -3.87. The van der Waals surface area contributed by atoms with Gasteiger partial charge in [-0.2, -0.15) is 13.2 Å². The van der Waals surface area contributed by atoms with Gasteiger partial charge in [0.1, 0.15) is 9.84 Å². The maximum Gasteiger partial charge on any atom is 0.389 e. The monoisotopic (exact) mass is 277 g/mol. The summed E-state index contributed by atoms with van der Waals surface area (Å²) >= 11 is 0. The third-order valence-corrected chi connectivity index (χ3v) is 2.77. The van der Waals surface area contributed by atoms with Crippen LogP contribution in [0, 0.1) is 0 Å². The van der Waals surface area contributed by atoms with Crippen molar-refractivity contribution in [3.05, 3.63) is 0 Å². The van der Waals surface area contributed by atoms with Crippen LogP contribution in [-0.4, -0.2) is 52.9 Å². The molecule has 0 spiro atoms. The van der Waals surface area contributed by atoms with Gasteiger partial charge in [-0.1, -0.05) is 0 Å². The SMILES string of the molecule is CS(=O)(=O)CCNCCOCCCC(F)(F)F. The van der Waals surface area contributed by atoms with E-state index >= 15 is 0 Å². The van der Waals surface area contributed by atoms with Gasteiger partial charge in [0, 0.05) is 32.4 Å². The summed E-state index contributed by atoms with van der Waals surface area (Å²) in [7, 11) is -2.97. The molecule has 0 radical (unpaired) electrons. The zero-order chi connectivity index (χ0) is 13.4. The lowest BCUT2D eigenvalue weighted by molar-refractivity contribution is -0.137. The van der Waals surface area contributed by atoms with Crippen LogP contribution in [0.2, 0.25) is 0 Å². The predicted molar refractivity (Wildman–Crippen MR) is 58.7 cm³/mol. The largest absolute Gasteiger partial charge is 0.389 e. The van der Waals surface area contributed by atoms with Gasteiger partial charge in [0.15, 0.2) is 0 Å². The lowest BCUT2D eigenvalue weighted by Crippen LogP contribution is -2.26. The quantitative estimate of drug-likeness (QED) is 0.638. The molecule has 0 saturated carbocycles. The molecule has 0 bridgehead atoms. The summed E-state index contributed by atoms with van der Waals surface area (Å²) in [6, 6.07) is 0. The fraction of sp³-hybridized carbons (Fsp3) is 1.00. The standard InChI is InChI=1S/C9H18F3NO3S/c1-17(14,15)8-5-13-4-7-16-6-2-3-9(10,11)12/h13H,2-8H2,1H3. The van der Waals surface area contributed by atoms with Crippen LogP contribution in [0.1, 0.15) is 12.8 Å². The van der Waals surface area contributed by atoms with Crippen LogP contribution in [0.3, 0.4) is 0 Å². The van der Waals surface area contributed by atoms with E-state index in [0.717, 1.165) is 6.26 Å². The molecule has 8 heteroatoms. The lowest BCUT2D eigenvalue weighted by Gasteiger charge is -2.07. The molecule has 0 heterocycles. The molecule has 0 rings (SSSR count). The molecule has 4 nitrogen and oxygen atoms in total. The Morgan fingerprint density at radius 2 is 1.82 bits per heavy atom. The van der Waals surface area contributed by atoms with Gasteiger partial charge in [-0.05, 0) is 6.42 Å². The minimum Gasteiger partial charge on any atom is -0.380 e. The van der Waals surface area contributed by atoms with Crippen LogP contribution in [0.4, 0.5) is 13.2 Å². The fourth-order valence-corrected chi connectivity index (χ4v) is 1.52. The molecule has 0 fully saturated rings. The molecule has 0 aliphatic carbocycles. The normalized spacial score (nSPS) is 12.9. The highest BCUT2D eigenvalue weighted by atomic mass is 32.2. The van der Waals surface area contributed by atoms with Crippen molar-refractivity contribution in [1.29, 1.82) is 0 Å². The molecule has 0 aromatic rings. The number of sulfone groups is 1. The number of alkyl halides is 3. The number of rotatable bonds is 9. The summed E-state index contributed by atoms with van der Waals surface area (Å²) in [4.78, 5) is 0. The summed E-state index contributed by atoms with van der Waals surface area (Å²) < 4.78 is 61.5. The van der Waals surface area contributed by atoms with Gasteiger partial charge in [-0.3, -0.25) is 0 Å². The first kappa shape index (κ1) is 16.7. The molecule has 0 aliphatic heterocycles. The van der Waals surface area contributed by atoms with E-state index in [4.69, 9.17) is 4.74 Å². The Morgan fingerprint density at radius 3 is 2.35 bits per heavy atom. The van der Waals surface area contributed by atoms with E-state index in [1.54, 1.807) is 0 Å². The number of hydrogen-bond donors (Lipinski definition) is 1. The third kappa shape index (κ3) is 15.7. The number of nitrogens with one attached hydrogen (secondary N) is 1. The van der Waals surface area contributed by atoms with Crippen molar-refractivity contribution in [1.82, 2.24) is 5.32 Å². The first-order valence-electron chi connectivity index (χ1n) is 5.24. The molecule has 0 aromatic heterocycles.